The first-order valence-electron chi connectivity index (χ1n) is 10.7. The molecule has 1 amide bonds. The highest BCUT2D eigenvalue weighted by Crippen LogP contribution is 2.28. The standard InChI is InChI=1S/C25H26N4O3/c1-3-18(2)21-11-4-5-12-22(21)32-17-24(30)26-20-10-8-9-19(15-20)16-29-25(31)28-14-7-6-13-23(28)27-29/h4-15,18H,3,16-17H2,1-2H3,(H,26,30). The van der Waals surface area contributed by atoms with E-state index in [9.17, 15) is 9.59 Å². The lowest BCUT2D eigenvalue weighted by atomic mass is 9.98. The van der Waals surface area contributed by atoms with Crippen molar-refractivity contribution < 1.29 is 9.53 Å². The topological polar surface area (TPSA) is 77.6 Å². The minimum atomic E-state index is -0.244. The van der Waals surface area contributed by atoms with Crippen LogP contribution < -0.4 is 15.7 Å². The Morgan fingerprint density at radius 3 is 2.72 bits per heavy atom. The Bertz CT molecular complexity index is 1290. The summed E-state index contributed by atoms with van der Waals surface area (Å²) in [4.78, 5) is 25.0. The van der Waals surface area contributed by atoms with Crippen molar-refractivity contribution in [2.75, 3.05) is 11.9 Å². The number of rotatable bonds is 8. The molecule has 2 heterocycles. The van der Waals surface area contributed by atoms with Gasteiger partial charge in [-0.25, -0.2) is 9.48 Å². The average Bonchev–Trinajstić information content (AvgIpc) is 3.13. The number of para-hydroxylation sites is 1. The maximum atomic E-state index is 12.5. The number of aromatic nitrogens is 3. The van der Waals surface area contributed by atoms with Crippen molar-refractivity contribution in [3.63, 3.8) is 0 Å². The van der Waals surface area contributed by atoms with E-state index in [1.807, 2.05) is 48.5 Å². The predicted octanol–water partition coefficient (Wildman–Crippen LogP) is 4.08. The lowest BCUT2D eigenvalue weighted by Crippen LogP contribution is -2.22. The Balaban J connectivity index is 1.41. The van der Waals surface area contributed by atoms with Crippen LogP contribution in [0.25, 0.3) is 5.65 Å². The SMILES string of the molecule is CCC(C)c1ccccc1OCC(=O)Nc1cccc(Cn2nc3ccccn3c2=O)c1. The molecule has 0 radical (unpaired) electrons. The van der Waals surface area contributed by atoms with E-state index in [0.717, 1.165) is 23.3 Å². The largest absolute Gasteiger partial charge is 0.483 e. The van der Waals surface area contributed by atoms with Gasteiger partial charge in [-0.15, -0.1) is 5.10 Å². The second-order valence-electron chi connectivity index (χ2n) is 7.75. The van der Waals surface area contributed by atoms with Crippen LogP contribution in [0, 0.1) is 0 Å². The van der Waals surface area contributed by atoms with Gasteiger partial charge in [0.25, 0.3) is 5.91 Å². The molecule has 7 heteroatoms. The molecule has 7 nitrogen and oxygen atoms in total. The van der Waals surface area contributed by atoms with Crippen LogP contribution in [-0.2, 0) is 11.3 Å². The molecule has 0 aliphatic heterocycles. The Morgan fingerprint density at radius 1 is 1.09 bits per heavy atom. The van der Waals surface area contributed by atoms with Gasteiger partial charge in [0.2, 0.25) is 0 Å². The fourth-order valence-corrected chi connectivity index (χ4v) is 3.57. The number of nitrogens with zero attached hydrogens (tertiary/aromatic N) is 3. The summed E-state index contributed by atoms with van der Waals surface area (Å²) >= 11 is 0. The van der Waals surface area contributed by atoms with E-state index in [1.165, 1.54) is 9.08 Å². The van der Waals surface area contributed by atoms with E-state index in [-0.39, 0.29) is 18.2 Å². The molecule has 0 saturated carbocycles. The number of hydrogen-bond acceptors (Lipinski definition) is 4. The normalized spacial score (nSPS) is 11.9. The number of anilines is 1. The maximum absolute atomic E-state index is 12.5. The number of carbonyl (C=O) groups excluding carboxylic acids is 1. The van der Waals surface area contributed by atoms with Gasteiger partial charge in [-0.3, -0.25) is 9.20 Å². The zero-order chi connectivity index (χ0) is 22.5. The molecular weight excluding hydrogens is 404 g/mol. The summed E-state index contributed by atoms with van der Waals surface area (Å²) in [7, 11) is 0. The molecule has 1 N–H and O–H groups in total. The van der Waals surface area contributed by atoms with E-state index in [2.05, 4.69) is 24.3 Å². The molecule has 0 bridgehead atoms. The Labute approximate surface area is 186 Å². The van der Waals surface area contributed by atoms with Crippen LogP contribution in [0.15, 0.2) is 77.7 Å². The molecule has 2 aromatic carbocycles. The quantitative estimate of drug-likeness (QED) is 0.457. The van der Waals surface area contributed by atoms with Gasteiger partial charge in [0.1, 0.15) is 5.75 Å². The van der Waals surface area contributed by atoms with Gasteiger partial charge in [0.05, 0.1) is 6.54 Å². The molecular formula is C25H26N4O3. The van der Waals surface area contributed by atoms with Crippen LogP contribution >= 0.6 is 0 Å². The summed E-state index contributed by atoms with van der Waals surface area (Å²) in [6.07, 6.45) is 2.69. The second kappa shape index (κ2) is 9.51. The summed E-state index contributed by atoms with van der Waals surface area (Å²) in [5, 5.41) is 7.22. The second-order valence-corrected chi connectivity index (χ2v) is 7.75. The highest BCUT2D eigenvalue weighted by Gasteiger charge is 2.12. The third-order valence-corrected chi connectivity index (χ3v) is 5.45. The van der Waals surface area contributed by atoms with Crippen molar-refractivity contribution in [3.05, 3.63) is 94.5 Å². The summed E-state index contributed by atoms with van der Waals surface area (Å²) in [5.74, 6) is 0.844. The summed E-state index contributed by atoms with van der Waals surface area (Å²) < 4.78 is 8.71. The number of amides is 1. The van der Waals surface area contributed by atoms with Crippen molar-refractivity contribution in [1.82, 2.24) is 14.2 Å². The Kier molecular flexibility index (Phi) is 6.35. The highest BCUT2D eigenvalue weighted by atomic mass is 16.5. The monoisotopic (exact) mass is 430 g/mol. The van der Waals surface area contributed by atoms with Gasteiger partial charge >= 0.3 is 5.69 Å². The number of carbonyl (C=O) groups is 1. The van der Waals surface area contributed by atoms with E-state index in [1.54, 1.807) is 24.4 Å². The van der Waals surface area contributed by atoms with Crippen molar-refractivity contribution in [3.8, 4) is 5.75 Å². The minimum Gasteiger partial charge on any atom is -0.483 e. The lowest BCUT2D eigenvalue weighted by molar-refractivity contribution is -0.118. The van der Waals surface area contributed by atoms with Crippen molar-refractivity contribution in [2.45, 2.75) is 32.7 Å². The molecule has 32 heavy (non-hydrogen) atoms. The number of hydrogen-bond donors (Lipinski definition) is 1. The molecule has 1 unspecified atom stereocenters. The van der Waals surface area contributed by atoms with Crippen molar-refractivity contribution in [1.29, 1.82) is 0 Å². The highest BCUT2D eigenvalue weighted by molar-refractivity contribution is 5.91. The Morgan fingerprint density at radius 2 is 1.91 bits per heavy atom. The molecule has 4 aromatic rings. The fraction of sp³-hybridized carbons (Fsp3) is 0.240. The molecule has 2 aromatic heterocycles. The third-order valence-electron chi connectivity index (χ3n) is 5.45. The molecule has 0 aliphatic carbocycles. The predicted molar refractivity (Wildman–Crippen MR) is 124 cm³/mol. The van der Waals surface area contributed by atoms with Crippen LogP contribution in [0.2, 0.25) is 0 Å². The summed E-state index contributed by atoms with van der Waals surface area (Å²) in [6, 6.07) is 20.6. The zero-order valence-corrected chi connectivity index (χ0v) is 18.2. The smallest absolute Gasteiger partial charge is 0.350 e. The van der Waals surface area contributed by atoms with E-state index >= 15 is 0 Å². The number of pyridine rings is 1. The molecule has 0 spiro atoms. The summed E-state index contributed by atoms with van der Waals surface area (Å²) in [5.41, 5.74) is 2.99. The van der Waals surface area contributed by atoms with E-state index < -0.39 is 0 Å². The first-order chi connectivity index (χ1) is 15.5. The molecule has 0 fully saturated rings. The van der Waals surface area contributed by atoms with E-state index in [0.29, 0.717) is 23.8 Å². The van der Waals surface area contributed by atoms with Crippen molar-refractivity contribution in [2.24, 2.45) is 0 Å². The number of nitrogens with one attached hydrogen (secondary N) is 1. The van der Waals surface area contributed by atoms with Gasteiger partial charge in [-0.05, 0) is 53.8 Å². The van der Waals surface area contributed by atoms with Crippen LogP contribution in [0.1, 0.15) is 37.3 Å². The molecule has 4 rings (SSSR count). The zero-order valence-electron chi connectivity index (χ0n) is 18.2. The first-order valence-corrected chi connectivity index (χ1v) is 10.7. The minimum absolute atomic E-state index is 0.0798. The van der Waals surface area contributed by atoms with Gasteiger partial charge in [-0.2, -0.15) is 0 Å². The van der Waals surface area contributed by atoms with Gasteiger partial charge in [-0.1, -0.05) is 50.2 Å². The maximum Gasteiger partial charge on any atom is 0.350 e. The van der Waals surface area contributed by atoms with E-state index in [4.69, 9.17) is 4.74 Å². The average molecular weight is 431 g/mol. The van der Waals surface area contributed by atoms with Crippen LogP contribution in [0.4, 0.5) is 5.69 Å². The Hall–Kier alpha value is -3.87. The molecule has 1 atom stereocenters. The molecule has 164 valence electrons. The van der Waals surface area contributed by atoms with Gasteiger partial charge in [0.15, 0.2) is 12.3 Å². The number of ether oxygens (including phenoxy) is 1. The fourth-order valence-electron chi connectivity index (χ4n) is 3.57. The van der Waals surface area contributed by atoms with Gasteiger partial charge in [0, 0.05) is 11.9 Å². The molecule has 0 saturated heterocycles. The van der Waals surface area contributed by atoms with Gasteiger partial charge < -0.3 is 10.1 Å². The van der Waals surface area contributed by atoms with Crippen LogP contribution in [0.3, 0.4) is 0 Å². The van der Waals surface area contributed by atoms with Crippen LogP contribution in [-0.4, -0.2) is 26.7 Å². The number of benzene rings is 2. The first kappa shape index (κ1) is 21.4. The van der Waals surface area contributed by atoms with Crippen LogP contribution in [0.5, 0.6) is 5.75 Å². The third kappa shape index (κ3) is 4.72. The summed E-state index contributed by atoms with van der Waals surface area (Å²) in [6.45, 7) is 4.50. The van der Waals surface area contributed by atoms with Crippen molar-refractivity contribution >= 4 is 17.2 Å². The lowest BCUT2D eigenvalue weighted by Gasteiger charge is -2.15. The molecule has 0 aliphatic rings. The number of fused-ring (bicyclic) bond motifs is 1.